The molecule has 0 saturated heterocycles. The van der Waals surface area contributed by atoms with Gasteiger partial charge in [0.05, 0.1) is 11.4 Å². The zero-order valence-electron chi connectivity index (χ0n) is 13.3. The molecule has 0 radical (unpaired) electrons. The van der Waals surface area contributed by atoms with E-state index >= 15 is 0 Å². The second-order valence-corrected chi connectivity index (χ2v) is 6.48. The molecule has 0 unspecified atom stereocenters. The fourth-order valence-corrected chi connectivity index (χ4v) is 3.08. The van der Waals surface area contributed by atoms with Crippen LogP contribution in [0.2, 0.25) is 5.02 Å². The van der Waals surface area contributed by atoms with Gasteiger partial charge in [-0.3, -0.25) is 14.5 Å². The Morgan fingerprint density at radius 2 is 1.77 bits per heavy atom. The normalized spacial score (nSPS) is 14.7. The van der Waals surface area contributed by atoms with Crippen molar-refractivity contribution in [3.63, 3.8) is 0 Å². The van der Waals surface area contributed by atoms with E-state index in [0.29, 0.717) is 16.4 Å². The van der Waals surface area contributed by atoms with Gasteiger partial charge in [-0.1, -0.05) is 29.8 Å². The van der Waals surface area contributed by atoms with Crippen molar-refractivity contribution in [1.82, 2.24) is 0 Å². The molecule has 3 rings (SSSR count). The maximum atomic E-state index is 12.3. The Balaban J connectivity index is 0.00000243. The zero-order valence-corrected chi connectivity index (χ0v) is 15.7. The summed E-state index contributed by atoms with van der Waals surface area (Å²) in [6, 6.07) is 15.8. The maximum absolute atomic E-state index is 12.3. The minimum atomic E-state index is -0.509. The van der Waals surface area contributed by atoms with Crippen LogP contribution in [0.1, 0.15) is 6.42 Å². The number of nitrogens with zero attached hydrogens (tertiary/aromatic N) is 3. The molecular formula is C17H14Cl2N4O2S. The number of anilines is 1. The fourth-order valence-electron chi connectivity index (χ4n) is 2.17. The second kappa shape index (κ2) is 8.84. The van der Waals surface area contributed by atoms with Crippen molar-refractivity contribution in [2.75, 3.05) is 4.90 Å². The second-order valence-electron chi connectivity index (χ2n) is 5.06. The van der Waals surface area contributed by atoms with Gasteiger partial charge in [0.15, 0.2) is 10.3 Å². The predicted octanol–water partition coefficient (Wildman–Crippen LogP) is 3.76. The zero-order chi connectivity index (χ0) is 17.8. The van der Waals surface area contributed by atoms with Crippen molar-refractivity contribution in [2.24, 2.45) is 15.7 Å². The summed E-state index contributed by atoms with van der Waals surface area (Å²) >= 11 is 6.85. The molecule has 2 N–H and O–H groups in total. The van der Waals surface area contributed by atoms with Gasteiger partial charge in [0.1, 0.15) is 6.42 Å². The van der Waals surface area contributed by atoms with E-state index in [1.807, 2.05) is 18.2 Å². The van der Waals surface area contributed by atoms with Crippen molar-refractivity contribution in [3.8, 4) is 0 Å². The summed E-state index contributed by atoms with van der Waals surface area (Å²) in [7, 11) is 0. The number of rotatable bonds is 2. The molecule has 0 atom stereocenters. The van der Waals surface area contributed by atoms with Gasteiger partial charge in [0.25, 0.3) is 5.91 Å². The van der Waals surface area contributed by atoms with Crippen molar-refractivity contribution in [2.45, 2.75) is 6.42 Å². The van der Waals surface area contributed by atoms with Gasteiger partial charge in [-0.15, -0.1) is 12.4 Å². The van der Waals surface area contributed by atoms with Crippen LogP contribution in [-0.2, 0) is 9.59 Å². The number of carbonyl (C=O) groups excluding carboxylic acids is 2. The smallest absolute Gasteiger partial charge is 0.257 e. The van der Waals surface area contributed by atoms with Crippen molar-refractivity contribution >= 4 is 69.3 Å². The summed E-state index contributed by atoms with van der Waals surface area (Å²) in [6.45, 7) is 0. The lowest BCUT2D eigenvalue weighted by atomic mass is 10.2. The van der Waals surface area contributed by atoms with Crippen LogP contribution in [0, 0.1) is 0 Å². The Morgan fingerprint density at radius 1 is 1.12 bits per heavy atom. The van der Waals surface area contributed by atoms with E-state index in [4.69, 9.17) is 17.3 Å². The Kier molecular flexibility index (Phi) is 6.79. The first-order chi connectivity index (χ1) is 12.0. The third kappa shape index (κ3) is 4.85. The van der Waals surface area contributed by atoms with E-state index in [9.17, 15) is 9.59 Å². The van der Waals surface area contributed by atoms with Gasteiger partial charge < -0.3 is 5.73 Å². The number of carbonyl (C=O) groups is 2. The molecule has 2 amide bonds. The molecule has 134 valence electrons. The highest BCUT2D eigenvalue weighted by Gasteiger charge is 2.30. The molecule has 1 aliphatic rings. The maximum Gasteiger partial charge on any atom is 0.257 e. The summed E-state index contributed by atoms with van der Waals surface area (Å²) in [5.74, 6) is -0.887. The topological polar surface area (TPSA) is 88.1 Å². The lowest BCUT2D eigenvalue weighted by Crippen LogP contribution is -2.41. The number of hydrogen-bond acceptors (Lipinski definition) is 4. The molecule has 2 aromatic rings. The third-order valence-electron chi connectivity index (χ3n) is 3.24. The molecule has 1 aliphatic heterocycles. The van der Waals surface area contributed by atoms with Crippen LogP contribution in [-0.4, -0.2) is 22.1 Å². The number of hydrogen-bond donors (Lipinski definition) is 1. The minimum Gasteiger partial charge on any atom is -0.378 e. The van der Waals surface area contributed by atoms with Crippen molar-refractivity contribution < 1.29 is 9.59 Å². The summed E-state index contributed by atoms with van der Waals surface area (Å²) < 4.78 is 0. The molecule has 26 heavy (non-hydrogen) atoms. The molecule has 0 aromatic heterocycles. The predicted molar refractivity (Wildman–Crippen MR) is 109 cm³/mol. The highest BCUT2D eigenvalue weighted by Crippen LogP contribution is 2.26. The lowest BCUT2D eigenvalue weighted by Gasteiger charge is -2.25. The van der Waals surface area contributed by atoms with Crippen LogP contribution >= 0.6 is 35.8 Å². The third-order valence-corrected chi connectivity index (χ3v) is 4.25. The highest BCUT2D eigenvalue weighted by atomic mass is 35.5. The summed E-state index contributed by atoms with van der Waals surface area (Å²) in [5.41, 5.74) is 7.18. The summed E-state index contributed by atoms with van der Waals surface area (Å²) in [4.78, 5) is 33.6. The van der Waals surface area contributed by atoms with Crippen LogP contribution in [0.25, 0.3) is 0 Å². The minimum absolute atomic E-state index is 0. The van der Waals surface area contributed by atoms with Gasteiger partial charge in [-0.05, 0) is 48.2 Å². The number of halogens is 2. The molecule has 0 saturated carbocycles. The first kappa shape index (κ1) is 20.0. The molecule has 0 aliphatic carbocycles. The van der Waals surface area contributed by atoms with Gasteiger partial charge in [0.2, 0.25) is 5.91 Å². The lowest BCUT2D eigenvalue weighted by molar-refractivity contribution is -0.126. The molecule has 2 aromatic carbocycles. The van der Waals surface area contributed by atoms with Gasteiger partial charge in [0, 0.05) is 5.02 Å². The van der Waals surface area contributed by atoms with E-state index in [1.54, 1.807) is 36.4 Å². The molecule has 9 heteroatoms. The van der Waals surface area contributed by atoms with Crippen molar-refractivity contribution in [3.05, 3.63) is 59.6 Å². The monoisotopic (exact) mass is 408 g/mol. The average molecular weight is 409 g/mol. The number of thioether (sulfide) groups is 1. The number of amidine groups is 2. The standard InChI is InChI=1S/C17H13ClN4O2S.ClH/c18-11-6-8-13(9-7-11)22-15(24)10-14(23)21-17(22)25-16(19)20-12-4-2-1-3-5-12;/h1-9H,10H2,(H2,19,20);1H. The number of aliphatic imine (C=N–C) groups is 2. The number of amides is 2. The van der Waals surface area contributed by atoms with E-state index in [1.165, 1.54) is 4.90 Å². The Morgan fingerprint density at radius 3 is 2.42 bits per heavy atom. The molecule has 0 bridgehead atoms. The van der Waals surface area contributed by atoms with E-state index < -0.39 is 5.91 Å². The van der Waals surface area contributed by atoms with Crippen LogP contribution in [0.5, 0.6) is 0 Å². The molecule has 0 spiro atoms. The molecular weight excluding hydrogens is 395 g/mol. The first-order valence-corrected chi connectivity index (χ1v) is 8.49. The number of para-hydroxylation sites is 1. The fraction of sp³-hybridized carbons (Fsp3) is 0.0588. The van der Waals surface area contributed by atoms with Crippen LogP contribution in [0.3, 0.4) is 0 Å². The Labute approximate surface area is 165 Å². The number of nitrogens with two attached hydrogens (primary N) is 1. The number of benzene rings is 2. The molecule has 1 heterocycles. The highest BCUT2D eigenvalue weighted by molar-refractivity contribution is 8.26. The molecule has 0 fully saturated rings. The Bertz CT molecular complexity index is 870. The van der Waals surface area contributed by atoms with Gasteiger partial charge in [-0.25, -0.2) is 4.99 Å². The Hall–Kier alpha value is -2.35. The van der Waals surface area contributed by atoms with E-state index in [-0.39, 0.29) is 35.1 Å². The largest absolute Gasteiger partial charge is 0.378 e. The summed E-state index contributed by atoms with van der Waals surface area (Å²) in [6.07, 6.45) is -0.289. The van der Waals surface area contributed by atoms with Gasteiger partial charge in [-0.2, -0.15) is 4.99 Å². The van der Waals surface area contributed by atoms with E-state index in [2.05, 4.69) is 9.98 Å². The van der Waals surface area contributed by atoms with Crippen molar-refractivity contribution in [1.29, 1.82) is 0 Å². The molecule has 6 nitrogen and oxygen atoms in total. The van der Waals surface area contributed by atoms with Crippen LogP contribution < -0.4 is 10.6 Å². The van der Waals surface area contributed by atoms with Crippen LogP contribution in [0.15, 0.2) is 64.6 Å². The van der Waals surface area contributed by atoms with Gasteiger partial charge >= 0.3 is 0 Å². The quantitative estimate of drug-likeness (QED) is 0.465. The average Bonchev–Trinajstić information content (AvgIpc) is 2.56. The van der Waals surface area contributed by atoms with E-state index in [0.717, 1.165) is 11.8 Å². The van der Waals surface area contributed by atoms with Crippen LogP contribution in [0.4, 0.5) is 11.4 Å². The summed E-state index contributed by atoms with van der Waals surface area (Å²) in [5, 5.41) is 0.882. The first-order valence-electron chi connectivity index (χ1n) is 7.30. The SMILES string of the molecule is Cl.NC(=Nc1ccccc1)SC1=NC(=O)CC(=O)N1c1ccc(Cl)cc1.